The van der Waals surface area contributed by atoms with Crippen molar-refractivity contribution in [3.8, 4) is 0 Å². The zero-order valence-electron chi connectivity index (χ0n) is 22.2. The summed E-state index contributed by atoms with van der Waals surface area (Å²) in [5.74, 6) is -1.20. The van der Waals surface area contributed by atoms with Crippen LogP contribution in [0.3, 0.4) is 0 Å². The average Bonchev–Trinajstić information content (AvgIpc) is 2.92. The molecule has 0 radical (unpaired) electrons. The van der Waals surface area contributed by atoms with Crippen molar-refractivity contribution in [2.24, 2.45) is 5.92 Å². The third kappa shape index (κ3) is 7.80. The molecule has 0 bridgehead atoms. The van der Waals surface area contributed by atoms with Crippen LogP contribution < -0.4 is 9.62 Å². The van der Waals surface area contributed by atoms with Crippen LogP contribution in [0.15, 0.2) is 83.8 Å². The summed E-state index contributed by atoms with van der Waals surface area (Å²) in [5, 5.41) is 3.02. The summed E-state index contributed by atoms with van der Waals surface area (Å²) in [6.45, 7) is 5.49. The Kier molecular flexibility index (Phi) is 10.5. The topological polar surface area (TPSA) is 86.8 Å². The molecule has 10 heteroatoms. The smallest absolute Gasteiger partial charge is 0.264 e. The Hall–Kier alpha value is -3.43. The average molecular weight is 574 g/mol. The predicted molar refractivity (Wildman–Crippen MR) is 151 cm³/mol. The van der Waals surface area contributed by atoms with Gasteiger partial charge in [0.1, 0.15) is 18.4 Å². The normalized spacial score (nSPS) is 12.2. The molecular weight excluding hydrogens is 541 g/mol. The van der Waals surface area contributed by atoms with Crippen molar-refractivity contribution in [1.29, 1.82) is 0 Å². The second kappa shape index (κ2) is 13.6. The Labute approximate surface area is 234 Å². The molecule has 0 heterocycles. The molecule has 0 saturated heterocycles. The second-order valence-corrected chi connectivity index (χ2v) is 11.8. The molecule has 3 aromatic carbocycles. The highest BCUT2D eigenvalue weighted by atomic mass is 35.5. The maximum Gasteiger partial charge on any atom is 0.264 e. The lowest BCUT2D eigenvalue weighted by Crippen LogP contribution is -2.52. The fourth-order valence-corrected chi connectivity index (χ4v) is 5.76. The molecule has 0 aliphatic rings. The van der Waals surface area contributed by atoms with E-state index in [4.69, 9.17) is 11.6 Å². The van der Waals surface area contributed by atoms with Gasteiger partial charge in [-0.25, -0.2) is 12.8 Å². The van der Waals surface area contributed by atoms with Gasteiger partial charge in [0.15, 0.2) is 0 Å². The highest BCUT2D eigenvalue weighted by molar-refractivity contribution is 7.92. The van der Waals surface area contributed by atoms with Crippen LogP contribution in [0.25, 0.3) is 0 Å². The van der Waals surface area contributed by atoms with E-state index < -0.39 is 34.3 Å². The molecule has 0 aliphatic heterocycles. The lowest BCUT2D eigenvalue weighted by atomic mass is 10.1. The third-order valence-electron chi connectivity index (χ3n) is 6.07. The van der Waals surface area contributed by atoms with Crippen molar-refractivity contribution >= 4 is 39.1 Å². The number of carbonyl (C=O) groups excluding carboxylic acids is 2. The van der Waals surface area contributed by atoms with Crippen molar-refractivity contribution in [2.45, 2.75) is 44.7 Å². The van der Waals surface area contributed by atoms with Gasteiger partial charge in [-0.3, -0.25) is 13.9 Å². The number of amides is 2. The number of nitrogens with one attached hydrogen (secondary N) is 1. The minimum atomic E-state index is -4.21. The molecule has 7 nitrogen and oxygen atoms in total. The molecule has 1 N–H and O–H groups in total. The lowest BCUT2D eigenvalue weighted by molar-refractivity contribution is -0.140. The van der Waals surface area contributed by atoms with Crippen LogP contribution in [0.4, 0.5) is 10.1 Å². The number of para-hydroxylation sites is 1. The Morgan fingerprint density at radius 2 is 1.56 bits per heavy atom. The maximum atomic E-state index is 14.0. The van der Waals surface area contributed by atoms with E-state index in [0.717, 1.165) is 4.31 Å². The van der Waals surface area contributed by atoms with E-state index in [-0.39, 0.29) is 40.4 Å². The molecule has 39 heavy (non-hydrogen) atoms. The van der Waals surface area contributed by atoms with Gasteiger partial charge in [0.25, 0.3) is 10.0 Å². The first-order valence-electron chi connectivity index (χ1n) is 12.7. The number of sulfonamides is 1. The first kappa shape index (κ1) is 30.1. The maximum absolute atomic E-state index is 14.0. The molecule has 0 fully saturated rings. The van der Waals surface area contributed by atoms with Crippen molar-refractivity contribution in [3.63, 3.8) is 0 Å². The van der Waals surface area contributed by atoms with Crippen LogP contribution in [0, 0.1) is 11.7 Å². The van der Waals surface area contributed by atoms with E-state index in [9.17, 15) is 22.4 Å². The first-order chi connectivity index (χ1) is 18.5. The van der Waals surface area contributed by atoms with Gasteiger partial charge in [0.2, 0.25) is 11.8 Å². The van der Waals surface area contributed by atoms with Gasteiger partial charge in [-0.15, -0.1) is 0 Å². The fraction of sp³-hybridized carbons (Fsp3) is 0.310. The summed E-state index contributed by atoms with van der Waals surface area (Å²) in [6, 6.07) is 18.8. The van der Waals surface area contributed by atoms with Crippen molar-refractivity contribution in [2.75, 3.05) is 17.4 Å². The van der Waals surface area contributed by atoms with E-state index in [1.807, 2.05) is 13.8 Å². The number of rotatable bonds is 12. The molecule has 0 spiro atoms. The number of nitrogens with zero attached hydrogens (tertiary/aromatic N) is 2. The summed E-state index contributed by atoms with van der Waals surface area (Å²) in [4.78, 5) is 28.5. The van der Waals surface area contributed by atoms with Crippen LogP contribution in [0.1, 0.15) is 32.8 Å². The predicted octanol–water partition coefficient (Wildman–Crippen LogP) is 5.25. The van der Waals surface area contributed by atoms with Crippen LogP contribution in [0.2, 0.25) is 5.02 Å². The molecule has 3 rings (SSSR count). The van der Waals surface area contributed by atoms with Crippen molar-refractivity contribution in [1.82, 2.24) is 10.2 Å². The van der Waals surface area contributed by atoms with Gasteiger partial charge in [-0.1, -0.05) is 74.8 Å². The van der Waals surface area contributed by atoms with Crippen molar-refractivity contribution in [3.05, 3.63) is 95.3 Å². The van der Waals surface area contributed by atoms with Crippen LogP contribution in [-0.4, -0.2) is 44.3 Å². The van der Waals surface area contributed by atoms with E-state index in [0.29, 0.717) is 12.1 Å². The number of carbonyl (C=O) groups is 2. The largest absolute Gasteiger partial charge is 0.354 e. The molecule has 0 unspecified atom stereocenters. The van der Waals surface area contributed by atoms with Gasteiger partial charge >= 0.3 is 0 Å². The van der Waals surface area contributed by atoms with Gasteiger partial charge in [-0.05, 0) is 54.3 Å². The Balaban J connectivity index is 2.04. The molecule has 0 aromatic heterocycles. The van der Waals surface area contributed by atoms with E-state index in [1.54, 1.807) is 43.3 Å². The van der Waals surface area contributed by atoms with Gasteiger partial charge in [-0.2, -0.15) is 0 Å². The van der Waals surface area contributed by atoms with E-state index >= 15 is 0 Å². The summed E-state index contributed by atoms with van der Waals surface area (Å²) < 4.78 is 42.1. The quantitative estimate of drug-likeness (QED) is 0.320. The molecule has 208 valence electrons. The third-order valence-corrected chi connectivity index (χ3v) is 8.16. The standard InChI is InChI=1S/C29H33ClFN3O4S/c1-4-26(29(36)32-18-21(2)3)33(19-22-14-16-23(31)17-15-22)28(35)20-34(27-13-9-8-12-25(27)30)39(37,38)24-10-6-5-7-11-24/h5-17,21,26H,4,18-20H2,1-3H3,(H,32,36)/t26-/m0/s1. The molecule has 0 aliphatic carbocycles. The first-order valence-corrected chi connectivity index (χ1v) is 14.5. The summed E-state index contributed by atoms with van der Waals surface area (Å²) >= 11 is 6.40. The van der Waals surface area contributed by atoms with Gasteiger partial charge < -0.3 is 10.2 Å². The minimum Gasteiger partial charge on any atom is -0.354 e. The summed E-state index contributed by atoms with van der Waals surface area (Å²) in [5.41, 5.74) is 0.727. The van der Waals surface area contributed by atoms with Gasteiger partial charge in [0.05, 0.1) is 15.6 Å². The molecule has 3 aromatic rings. The number of hydrogen-bond acceptors (Lipinski definition) is 4. The monoisotopic (exact) mass is 573 g/mol. The van der Waals surface area contributed by atoms with Crippen LogP contribution >= 0.6 is 11.6 Å². The van der Waals surface area contributed by atoms with E-state index in [2.05, 4.69) is 5.32 Å². The Bertz CT molecular complexity index is 1370. The van der Waals surface area contributed by atoms with Crippen molar-refractivity contribution < 1.29 is 22.4 Å². The Morgan fingerprint density at radius 3 is 2.15 bits per heavy atom. The van der Waals surface area contributed by atoms with Crippen LogP contribution in [-0.2, 0) is 26.2 Å². The van der Waals surface area contributed by atoms with Gasteiger partial charge in [0, 0.05) is 13.1 Å². The summed E-state index contributed by atoms with van der Waals surface area (Å²) in [6.07, 6.45) is 0.286. The van der Waals surface area contributed by atoms with E-state index in [1.165, 1.54) is 47.4 Å². The summed E-state index contributed by atoms with van der Waals surface area (Å²) in [7, 11) is -4.21. The minimum absolute atomic E-state index is 0.00970. The highest BCUT2D eigenvalue weighted by Crippen LogP contribution is 2.30. The lowest BCUT2D eigenvalue weighted by Gasteiger charge is -2.33. The zero-order valence-corrected chi connectivity index (χ0v) is 23.8. The number of hydrogen-bond donors (Lipinski definition) is 1. The number of anilines is 1. The van der Waals surface area contributed by atoms with Crippen LogP contribution in [0.5, 0.6) is 0 Å². The number of benzene rings is 3. The SMILES string of the molecule is CC[C@@H](C(=O)NCC(C)C)N(Cc1ccc(F)cc1)C(=O)CN(c1ccccc1Cl)S(=O)(=O)c1ccccc1. The zero-order chi connectivity index (χ0) is 28.6. The molecular formula is C29H33ClFN3O4S. The Morgan fingerprint density at radius 1 is 0.949 bits per heavy atom. The highest BCUT2D eigenvalue weighted by Gasteiger charge is 2.34. The second-order valence-electron chi connectivity index (χ2n) is 9.49. The molecule has 0 saturated carbocycles. The fourth-order valence-electron chi connectivity index (χ4n) is 4.02. The number of halogens is 2. The molecule has 2 amide bonds. The molecule has 1 atom stereocenters.